The summed E-state index contributed by atoms with van der Waals surface area (Å²) in [5.74, 6) is 0.0933. The molecule has 0 unspecified atom stereocenters. The van der Waals surface area contributed by atoms with E-state index in [1.165, 1.54) is 11.0 Å². The quantitative estimate of drug-likeness (QED) is 0.564. The summed E-state index contributed by atoms with van der Waals surface area (Å²) in [6.07, 6.45) is 3.56. The van der Waals surface area contributed by atoms with E-state index in [-0.39, 0.29) is 12.5 Å². The van der Waals surface area contributed by atoms with E-state index < -0.39 is 5.97 Å². The topological polar surface area (TPSA) is 65.1 Å². The number of amides is 1. The molecule has 146 valence electrons. The van der Waals surface area contributed by atoms with Crippen LogP contribution in [-0.2, 0) is 14.3 Å². The van der Waals surface area contributed by atoms with Gasteiger partial charge in [-0.1, -0.05) is 29.8 Å². The molecule has 6 nitrogen and oxygen atoms in total. The van der Waals surface area contributed by atoms with E-state index in [4.69, 9.17) is 25.8 Å². The zero-order valence-electron chi connectivity index (χ0n) is 15.4. The largest absolute Gasteiger partial charge is 0.489 e. The number of carbonyl (C=O) groups excluding carboxylic acids is 2. The van der Waals surface area contributed by atoms with Crippen LogP contribution in [0.15, 0.2) is 48.5 Å². The second-order valence-electron chi connectivity index (χ2n) is 6.11. The molecule has 2 aromatic rings. The van der Waals surface area contributed by atoms with Crippen LogP contribution in [0.2, 0.25) is 5.02 Å². The summed E-state index contributed by atoms with van der Waals surface area (Å²) < 4.78 is 16.2. The van der Waals surface area contributed by atoms with Gasteiger partial charge in [0.25, 0.3) is 5.91 Å². The van der Waals surface area contributed by atoms with E-state index in [1.807, 2.05) is 18.2 Å². The Hall–Kier alpha value is -2.99. The van der Waals surface area contributed by atoms with Crippen LogP contribution in [-0.4, -0.2) is 38.7 Å². The lowest BCUT2D eigenvalue weighted by Gasteiger charge is -2.16. The standard InChI is InChI=1S/C21H20ClNO5/c1-23(16-6-3-2-4-7-16)19(24)14-28-20(25)9-8-15-12-17(22)21-18(13-15)26-10-5-11-27-21/h2-4,6-9,12-13H,5,10-11,14H2,1H3/b9-8+. The maximum atomic E-state index is 12.1. The van der Waals surface area contributed by atoms with E-state index in [0.29, 0.717) is 35.3 Å². The fourth-order valence-corrected chi connectivity index (χ4v) is 2.86. The third kappa shape index (κ3) is 5.04. The number of likely N-dealkylation sites (N-methyl/N-ethyl adjacent to an activating group) is 1. The second-order valence-corrected chi connectivity index (χ2v) is 6.52. The number of rotatable bonds is 5. The minimum Gasteiger partial charge on any atom is -0.489 e. The van der Waals surface area contributed by atoms with Crippen molar-refractivity contribution in [3.05, 3.63) is 59.1 Å². The molecule has 1 amide bonds. The van der Waals surface area contributed by atoms with E-state index >= 15 is 0 Å². The molecule has 7 heteroatoms. The van der Waals surface area contributed by atoms with Crippen LogP contribution in [0, 0.1) is 0 Å². The van der Waals surface area contributed by atoms with Gasteiger partial charge in [-0.3, -0.25) is 4.79 Å². The van der Waals surface area contributed by atoms with Gasteiger partial charge in [0.15, 0.2) is 18.1 Å². The second kappa shape index (κ2) is 9.28. The summed E-state index contributed by atoms with van der Waals surface area (Å²) in [5.41, 5.74) is 1.39. The minimum absolute atomic E-state index is 0.327. The molecule has 0 atom stereocenters. The first kappa shape index (κ1) is 19.8. The summed E-state index contributed by atoms with van der Waals surface area (Å²) in [7, 11) is 1.63. The van der Waals surface area contributed by atoms with Crippen molar-refractivity contribution < 1.29 is 23.8 Å². The lowest BCUT2D eigenvalue weighted by molar-refractivity contribution is -0.142. The van der Waals surface area contributed by atoms with Crippen LogP contribution >= 0.6 is 11.6 Å². The maximum absolute atomic E-state index is 12.1. The molecule has 1 aliphatic heterocycles. The van der Waals surface area contributed by atoms with Crippen LogP contribution in [0.25, 0.3) is 6.08 Å². The SMILES string of the molecule is CN(C(=O)COC(=O)/C=C/c1cc(Cl)c2c(c1)OCCCO2)c1ccccc1. The van der Waals surface area contributed by atoms with Gasteiger partial charge in [-0.25, -0.2) is 4.79 Å². The number of esters is 1. The highest BCUT2D eigenvalue weighted by Crippen LogP contribution is 2.38. The molecule has 2 aromatic carbocycles. The highest BCUT2D eigenvalue weighted by atomic mass is 35.5. The molecule has 0 N–H and O–H groups in total. The fraction of sp³-hybridized carbons (Fsp3) is 0.238. The molecule has 0 saturated heterocycles. The predicted molar refractivity (Wildman–Crippen MR) is 107 cm³/mol. The number of ether oxygens (including phenoxy) is 3. The smallest absolute Gasteiger partial charge is 0.331 e. The van der Waals surface area contributed by atoms with Crippen molar-refractivity contribution in [3.8, 4) is 11.5 Å². The summed E-state index contributed by atoms with van der Waals surface area (Å²) in [6, 6.07) is 12.5. The Labute approximate surface area is 168 Å². The lowest BCUT2D eigenvalue weighted by atomic mass is 10.2. The van der Waals surface area contributed by atoms with Crippen molar-refractivity contribution in [1.82, 2.24) is 0 Å². The van der Waals surface area contributed by atoms with E-state index in [9.17, 15) is 9.59 Å². The Bertz CT molecular complexity index is 882. The molecule has 28 heavy (non-hydrogen) atoms. The first-order valence-corrected chi connectivity index (χ1v) is 9.18. The molecule has 3 rings (SSSR count). The van der Waals surface area contributed by atoms with Crippen LogP contribution in [0.5, 0.6) is 11.5 Å². The lowest BCUT2D eigenvalue weighted by Crippen LogP contribution is -2.30. The van der Waals surface area contributed by atoms with Crippen LogP contribution in [0.3, 0.4) is 0 Å². The number of carbonyl (C=O) groups is 2. The van der Waals surface area contributed by atoms with E-state index in [0.717, 1.165) is 12.1 Å². The number of hydrogen-bond acceptors (Lipinski definition) is 5. The molecule has 0 spiro atoms. The van der Waals surface area contributed by atoms with Gasteiger partial charge in [0.2, 0.25) is 0 Å². The zero-order valence-corrected chi connectivity index (χ0v) is 16.1. The Morgan fingerprint density at radius 2 is 1.93 bits per heavy atom. The molecule has 0 aliphatic carbocycles. The van der Waals surface area contributed by atoms with Gasteiger partial charge < -0.3 is 19.1 Å². The Morgan fingerprint density at radius 3 is 2.71 bits per heavy atom. The van der Waals surface area contributed by atoms with Crippen molar-refractivity contribution in [3.63, 3.8) is 0 Å². The molecule has 1 aliphatic rings. The van der Waals surface area contributed by atoms with Gasteiger partial charge in [0.05, 0.1) is 18.2 Å². The first-order valence-electron chi connectivity index (χ1n) is 8.80. The summed E-state index contributed by atoms with van der Waals surface area (Å²) in [4.78, 5) is 25.5. The number of para-hydroxylation sites is 1. The zero-order chi connectivity index (χ0) is 19.9. The molecule has 0 saturated carbocycles. The van der Waals surface area contributed by atoms with Gasteiger partial charge in [-0.05, 0) is 35.9 Å². The van der Waals surface area contributed by atoms with E-state index in [1.54, 1.807) is 37.4 Å². The molecular weight excluding hydrogens is 382 g/mol. The Kier molecular flexibility index (Phi) is 6.55. The van der Waals surface area contributed by atoms with Gasteiger partial charge in [-0.2, -0.15) is 0 Å². The van der Waals surface area contributed by atoms with Gasteiger partial charge in [0.1, 0.15) is 0 Å². The average Bonchev–Trinajstić information content (AvgIpc) is 2.96. The van der Waals surface area contributed by atoms with Gasteiger partial charge >= 0.3 is 5.97 Å². The van der Waals surface area contributed by atoms with Crippen molar-refractivity contribution in [2.75, 3.05) is 31.8 Å². The molecule has 0 fully saturated rings. The number of benzene rings is 2. The third-order valence-corrected chi connectivity index (χ3v) is 4.37. The third-order valence-electron chi connectivity index (χ3n) is 4.09. The van der Waals surface area contributed by atoms with Crippen molar-refractivity contribution in [2.24, 2.45) is 0 Å². The van der Waals surface area contributed by atoms with Gasteiger partial charge in [-0.15, -0.1) is 0 Å². The number of hydrogen-bond donors (Lipinski definition) is 0. The van der Waals surface area contributed by atoms with Gasteiger partial charge in [0, 0.05) is 25.2 Å². The summed E-state index contributed by atoms with van der Waals surface area (Å²) in [5, 5.41) is 0.409. The highest BCUT2D eigenvalue weighted by molar-refractivity contribution is 6.32. The maximum Gasteiger partial charge on any atom is 0.331 e. The molecule has 0 aromatic heterocycles. The Balaban J connectivity index is 1.57. The minimum atomic E-state index is -0.627. The fourth-order valence-electron chi connectivity index (χ4n) is 2.58. The van der Waals surface area contributed by atoms with Crippen molar-refractivity contribution >= 4 is 35.2 Å². The summed E-state index contributed by atoms with van der Waals surface area (Å²) in [6.45, 7) is 0.728. The molecule has 0 radical (unpaired) electrons. The summed E-state index contributed by atoms with van der Waals surface area (Å²) >= 11 is 6.23. The normalized spacial score (nSPS) is 13.1. The number of fused-ring (bicyclic) bond motifs is 1. The average molecular weight is 402 g/mol. The molecule has 0 bridgehead atoms. The highest BCUT2D eigenvalue weighted by Gasteiger charge is 2.15. The number of anilines is 1. The van der Waals surface area contributed by atoms with Crippen LogP contribution in [0.1, 0.15) is 12.0 Å². The monoisotopic (exact) mass is 401 g/mol. The first-order chi connectivity index (χ1) is 13.5. The van der Waals surface area contributed by atoms with Crippen LogP contribution < -0.4 is 14.4 Å². The van der Waals surface area contributed by atoms with Crippen LogP contribution in [0.4, 0.5) is 5.69 Å². The van der Waals surface area contributed by atoms with Crippen molar-refractivity contribution in [1.29, 1.82) is 0 Å². The number of halogens is 1. The molecular formula is C21H20ClNO5. The Morgan fingerprint density at radius 1 is 1.18 bits per heavy atom. The van der Waals surface area contributed by atoms with E-state index in [2.05, 4.69) is 0 Å². The predicted octanol–water partition coefficient (Wildman–Crippen LogP) is 3.72. The molecule has 1 heterocycles. The number of nitrogens with zero attached hydrogens (tertiary/aromatic N) is 1. The van der Waals surface area contributed by atoms with Crippen molar-refractivity contribution in [2.45, 2.75) is 6.42 Å².